The third-order valence-electron chi connectivity index (χ3n) is 3.25. The maximum atomic E-state index is 11.8. The van der Waals surface area contributed by atoms with Gasteiger partial charge in [0.1, 0.15) is 4.99 Å². The minimum Gasteiger partial charge on any atom is -0.389 e. The van der Waals surface area contributed by atoms with E-state index in [4.69, 9.17) is 27.4 Å². The molecule has 2 rings (SSSR count). The molecule has 1 atom stereocenters. The molecule has 1 aliphatic rings. The van der Waals surface area contributed by atoms with E-state index in [2.05, 4.69) is 5.32 Å². The molecule has 0 aliphatic carbocycles. The molecule has 1 amide bonds. The number of thiocarbonyl (C=S) groups is 1. The van der Waals surface area contributed by atoms with Gasteiger partial charge in [0.05, 0.1) is 25.7 Å². The molecule has 6 heteroatoms. The highest BCUT2D eigenvalue weighted by atomic mass is 32.1. The van der Waals surface area contributed by atoms with Gasteiger partial charge in [0.25, 0.3) is 0 Å². The minimum absolute atomic E-state index is 0.0783. The molecule has 1 fully saturated rings. The van der Waals surface area contributed by atoms with Crippen LogP contribution in [0.1, 0.15) is 24.8 Å². The molecule has 0 spiro atoms. The summed E-state index contributed by atoms with van der Waals surface area (Å²) in [4.78, 5) is 12.1. The van der Waals surface area contributed by atoms with Crippen LogP contribution in [0.2, 0.25) is 0 Å². The minimum atomic E-state index is -0.0783. The number of hydrogen-bond donors (Lipinski definition) is 2. The molecule has 1 aliphatic heterocycles. The highest BCUT2D eigenvalue weighted by Gasteiger charge is 2.15. The number of benzene rings is 1. The summed E-state index contributed by atoms with van der Waals surface area (Å²) in [5.41, 5.74) is 7.02. The van der Waals surface area contributed by atoms with Crippen LogP contribution in [-0.2, 0) is 14.3 Å². The molecule has 1 aromatic rings. The highest BCUT2D eigenvalue weighted by Crippen LogP contribution is 2.12. The summed E-state index contributed by atoms with van der Waals surface area (Å²) in [7, 11) is 0. The zero-order chi connectivity index (χ0) is 15.1. The Bertz CT molecular complexity index is 484. The number of nitrogens with two attached hydrogens (primary N) is 1. The van der Waals surface area contributed by atoms with Gasteiger partial charge in [-0.1, -0.05) is 12.2 Å². The van der Waals surface area contributed by atoms with E-state index in [0.29, 0.717) is 24.6 Å². The lowest BCUT2D eigenvalue weighted by Gasteiger charge is -2.10. The molecule has 0 radical (unpaired) electrons. The molecule has 114 valence electrons. The Morgan fingerprint density at radius 2 is 2.19 bits per heavy atom. The average Bonchev–Trinajstić information content (AvgIpc) is 2.97. The second-order valence-corrected chi connectivity index (χ2v) is 5.39. The SMILES string of the molecule is NC(=S)c1ccc(NC(=O)CCOCC2CCCO2)cc1. The van der Waals surface area contributed by atoms with Crippen LogP contribution in [0.4, 0.5) is 5.69 Å². The van der Waals surface area contributed by atoms with Gasteiger partial charge in [-0.05, 0) is 37.1 Å². The van der Waals surface area contributed by atoms with Crippen LogP contribution in [-0.4, -0.2) is 36.8 Å². The van der Waals surface area contributed by atoms with Crippen molar-refractivity contribution >= 4 is 28.8 Å². The zero-order valence-electron chi connectivity index (χ0n) is 11.8. The summed E-state index contributed by atoms with van der Waals surface area (Å²) in [5.74, 6) is -0.0783. The molecule has 0 aromatic heterocycles. The lowest BCUT2D eigenvalue weighted by atomic mass is 10.2. The maximum Gasteiger partial charge on any atom is 0.226 e. The van der Waals surface area contributed by atoms with Gasteiger partial charge in [-0.3, -0.25) is 4.79 Å². The largest absolute Gasteiger partial charge is 0.389 e. The lowest BCUT2D eigenvalue weighted by Crippen LogP contribution is -2.18. The van der Waals surface area contributed by atoms with Crippen LogP contribution in [0.15, 0.2) is 24.3 Å². The van der Waals surface area contributed by atoms with Crippen molar-refractivity contribution in [2.45, 2.75) is 25.4 Å². The van der Waals surface area contributed by atoms with Crippen molar-refractivity contribution in [2.75, 3.05) is 25.1 Å². The fourth-order valence-electron chi connectivity index (χ4n) is 2.10. The second-order valence-electron chi connectivity index (χ2n) is 4.95. The Morgan fingerprint density at radius 1 is 1.43 bits per heavy atom. The number of carbonyl (C=O) groups is 1. The Balaban J connectivity index is 1.65. The van der Waals surface area contributed by atoms with Gasteiger partial charge >= 0.3 is 0 Å². The maximum absolute atomic E-state index is 11.8. The Kier molecular flexibility index (Phi) is 6.10. The monoisotopic (exact) mass is 308 g/mol. The molecule has 21 heavy (non-hydrogen) atoms. The number of ether oxygens (including phenoxy) is 2. The molecule has 1 saturated heterocycles. The number of nitrogens with one attached hydrogen (secondary N) is 1. The van der Waals surface area contributed by atoms with Gasteiger partial charge in [-0.15, -0.1) is 0 Å². The number of hydrogen-bond acceptors (Lipinski definition) is 4. The predicted molar refractivity (Wildman–Crippen MR) is 85.4 cm³/mol. The first kappa shape index (κ1) is 15.9. The van der Waals surface area contributed by atoms with Crippen LogP contribution >= 0.6 is 12.2 Å². The van der Waals surface area contributed by atoms with Crippen molar-refractivity contribution in [3.63, 3.8) is 0 Å². The van der Waals surface area contributed by atoms with Crippen LogP contribution in [0.25, 0.3) is 0 Å². The first-order valence-electron chi connectivity index (χ1n) is 7.04. The number of anilines is 1. The molecule has 1 heterocycles. The first-order valence-corrected chi connectivity index (χ1v) is 7.45. The first-order chi connectivity index (χ1) is 10.1. The molecule has 3 N–H and O–H groups in total. The van der Waals surface area contributed by atoms with E-state index in [1.54, 1.807) is 24.3 Å². The fraction of sp³-hybridized carbons (Fsp3) is 0.467. The van der Waals surface area contributed by atoms with Crippen molar-refractivity contribution in [2.24, 2.45) is 5.73 Å². The Morgan fingerprint density at radius 3 is 2.81 bits per heavy atom. The van der Waals surface area contributed by atoms with Crippen LogP contribution in [0.5, 0.6) is 0 Å². The van der Waals surface area contributed by atoms with E-state index < -0.39 is 0 Å². The van der Waals surface area contributed by atoms with Gasteiger partial charge < -0.3 is 20.5 Å². The van der Waals surface area contributed by atoms with Crippen molar-refractivity contribution in [1.29, 1.82) is 0 Å². The van der Waals surface area contributed by atoms with E-state index >= 15 is 0 Å². The third-order valence-corrected chi connectivity index (χ3v) is 3.49. The smallest absolute Gasteiger partial charge is 0.226 e. The number of amides is 1. The molecule has 1 aromatic carbocycles. The summed E-state index contributed by atoms with van der Waals surface area (Å²) in [5, 5.41) is 2.80. The molecular weight excluding hydrogens is 288 g/mol. The van der Waals surface area contributed by atoms with Gasteiger partial charge in [0.15, 0.2) is 0 Å². The number of carbonyl (C=O) groups excluding carboxylic acids is 1. The van der Waals surface area contributed by atoms with Crippen molar-refractivity contribution in [3.8, 4) is 0 Å². The van der Waals surface area contributed by atoms with Crippen molar-refractivity contribution < 1.29 is 14.3 Å². The van der Waals surface area contributed by atoms with Gasteiger partial charge in [0, 0.05) is 17.9 Å². The molecular formula is C15H20N2O3S. The predicted octanol–water partition coefficient (Wildman–Crippen LogP) is 1.85. The summed E-state index contributed by atoms with van der Waals surface area (Å²) in [6.45, 7) is 1.78. The topological polar surface area (TPSA) is 73.6 Å². The van der Waals surface area contributed by atoms with E-state index in [1.165, 1.54) is 0 Å². The average molecular weight is 308 g/mol. The van der Waals surface area contributed by atoms with Gasteiger partial charge in [-0.2, -0.15) is 0 Å². The quantitative estimate of drug-likeness (QED) is 0.594. The summed E-state index contributed by atoms with van der Waals surface area (Å²) < 4.78 is 10.9. The van der Waals surface area contributed by atoms with E-state index in [0.717, 1.165) is 30.7 Å². The molecule has 0 saturated carbocycles. The van der Waals surface area contributed by atoms with Gasteiger partial charge in [0.2, 0.25) is 5.91 Å². The Labute approximate surface area is 129 Å². The van der Waals surface area contributed by atoms with Gasteiger partial charge in [-0.25, -0.2) is 0 Å². The van der Waals surface area contributed by atoms with Crippen LogP contribution in [0, 0.1) is 0 Å². The highest BCUT2D eigenvalue weighted by molar-refractivity contribution is 7.80. The number of rotatable bonds is 7. The molecule has 1 unspecified atom stereocenters. The van der Waals surface area contributed by atoms with E-state index in [1.807, 2.05) is 0 Å². The van der Waals surface area contributed by atoms with Crippen LogP contribution < -0.4 is 11.1 Å². The second kappa shape index (κ2) is 8.07. The zero-order valence-corrected chi connectivity index (χ0v) is 12.7. The fourth-order valence-corrected chi connectivity index (χ4v) is 2.23. The van der Waals surface area contributed by atoms with Crippen molar-refractivity contribution in [1.82, 2.24) is 0 Å². The third kappa shape index (κ3) is 5.41. The molecule has 0 bridgehead atoms. The Hall–Kier alpha value is -1.50. The van der Waals surface area contributed by atoms with Crippen molar-refractivity contribution in [3.05, 3.63) is 29.8 Å². The summed E-state index contributed by atoms with van der Waals surface area (Å²) in [6, 6.07) is 7.12. The lowest BCUT2D eigenvalue weighted by molar-refractivity contribution is -0.117. The summed E-state index contributed by atoms with van der Waals surface area (Å²) in [6.07, 6.45) is 2.66. The molecule has 5 nitrogen and oxygen atoms in total. The normalized spacial score (nSPS) is 17.6. The van der Waals surface area contributed by atoms with Crippen LogP contribution in [0.3, 0.4) is 0 Å². The van der Waals surface area contributed by atoms with E-state index in [-0.39, 0.29) is 12.0 Å². The standard InChI is InChI=1S/C15H20N2O3S/c16-15(21)11-3-5-12(6-4-11)17-14(18)7-9-19-10-13-2-1-8-20-13/h3-6,13H,1-2,7-10H2,(H2,16,21)(H,17,18). The summed E-state index contributed by atoms with van der Waals surface area (Å²) >= 11 is 4.87. The van der Waals surface area contributed by atoms with E-state index in [9.17, 15) is 4.79 Å².